The number of hydrogen-bond acceptors (Lipinski definition) is 5. The Bertz CT molecular complexity index is 803. The van der Waals surface area contributed by atoms with Crippen molar-refractivity contribution in [3.63, 3.8) is 0 Å². The van der Waals surface area contributed by atoms with Gasteiger partial charge in [-0.25, -0.2) is 0 Å². The second kappa shape index (κ2) is 8.40. The normalized spacial score (nSPS) is 14.1. The highest BCUT2D eigenvalue weighted by Gasteiger charge is 2.26. The maximum atomic E-state index is 12.5. The molecule has 0 heterocycles. The third kappa shape index (κ3) is 4.55. The van der Waals surface area contributed by atoms with Crippen LogP contribution in [0.1, 0.15) is 41.3 Å². The molecule has 26 heavy (non-hydrogen) atoms. The van der Waals surface area contributed by atoms with Gasteiger partial charge in [0.25, 0.3) is 0 Å². The molecule has 0 aliphatic rings. The quantitative estimate of drug-likeness (QED) is 0.583. The van der Waals surface area contributed by atoms with Crippen LogP contribution in [0.3, 0.4) is 0 Å². The van der Waals surface area contributed by atoms with Crippen LogP contribution in [0.15, 0.2) is 54.6 Å². The summed E-state index contributed by atoms with van der Waals surface area (Å²) in [7, 11) is 0. The van der Waals surface area contributed by atoms with Crippen LogP contribution in [0.5, 0.6) is 0 Å². The number of nitrogens with two attached hydrogens (primary N) is 1. The highest BCUT2D eigenvalue weighted by Crippen LogP contribution is 2.21. The summed E-state index contributed by atoms with van der Waals surface area (Å²) in [5.41, 5.74) is 7.08. The fourth-order valence-corrected chi connectivity index (χ4v) is 2.40. The summed E-state index contributed by atoms with van der Waals surface area (Å²) in [5, 5.41) is 8.87. The summed E-state index contributed by atoms with van der Waals surface area (Å²) in [6, 6.07) is 14.3. The van der Waals surface area contributed by atoms with E-state index in [1.54, 1.807) is 55.5 Å². The summed E-state index contributed by atoms with van der Waals surface area (Å²) in [5.74, 6) is -2.65. The summed E-state index contributed by atoms with van der Waals surface area (Å²) in [4.78, 5) is 35.7. The Morgan fingerprint density at radius 2 is 1.58 bits per heavy atom. The third-order valence-electron chi connectivity index (χ3n) is 4.13. The smallest absolute Gasteiger partial charge is 0.324 e. The molecular formula is C20H21NO5. The first-order valence-corrected chi connectivity index (χ1v) is 8.20. The molecule has 2 rings (SSSR count). The number of rotatable bonds is 7. The molecule has 0 amide bonds. The van der Waals surface area contributed by atoms with E-state index in [4.69, 9.17) is 15.6 Å². The van der Waals surface area contributed by atoms with Crippen molar-refractivity contribution >= 4 is 17.7 Å². The van der Waals surface area contributed by atoms with Gasteiger partial charge in [0.05, 0.1) is 5.92 Å². The Hall–Kier alpha value is -2.99. The standard InChI is InChI=1S/C20H21NO5/c1-12(20(25)26-13(2)17(21)19(23)24)15-9-6-10-16(11-15)18(22)14-7-4-3-5-8-14/h3-13,17H,21H2,1-2H3,(H,23,24)/t12-,13+,17?/m0/s1. The predicted octanol–water partition coefficient (Wildman–Crippen LogP) is 2.36. The first-order valence-electron chi connectivity index (χ1n) is 8.20. The number of carbonyl (C=O) groups excluding carboxylic acids is 2. The summed E-state index contributed by atoms with van der Waals surface area (Å²) >= 11 is 0. The first kappa shape index (κ1) is 19.3. The number of benzene rings is 2. The average molecular weight is 355 g/mol. The molecule has 0 radical (unpaired) electrons. The number of hydrogen-bond donors (Lipinski definition) is 2. The lowest BCUT2D eigenvalue weighted by atomic mass is 9.95. The van der Waals surface area contributed by atoms with Crippen LogP contribution < -0.4 is 5.73 Å². The van der Waals surface area contributed by atoms with Crippen LogP contribution >= 0.6 is 0 Å². The molecule has 0 aromatic heterocycles. The molecule has 0 saturated heterocycles. The van der Waals surface area contributed by atoms with Crippen molar-refractivity contribution in [3.8, 4) is 0 Å². The maximum Gasteiger partial charge on any atom is 0.324 e. The fraction of sp³-hybridized carbons (Fsp3) is 0.250. The second-order valence-corrected chi connectivity index (χ2v) is 6.05. The first-order chi connectivity index (χ1) is 12.3. The van der Waals surface area contributed by atoms with Crippen molar-refractivity contribution < 1.29 is 24.2 Å². The van der Waals surface area contributed by atoms with Crippen LogP contribution in [0.25, 0.3) is 0 Å². The van der Waals surface area contributed by atoms with Gasteiger partial charge in [-0.15, -0.1) is 0 Å². The number of carboxylic acids is 1. The topological polar surface area (TPSA) is 107 Å². The van der Waals surface area contributed by atoms with Gasteiger partial charge < -0.3 is 15.6 Å². The monoisotopic (exact) mass is 355 g/mol. The van der Waals surface area contributed by atoms with E-state index in [1.807, 2.05) is 6.07 Å². The zero-order valence-corrected chi connectivity index (χ0v) is 14.6. The van der Waals surface area contributed by atoms with Crippen molar-refractivity contribution in [1.29, 1.82) is 0 Å². The summed E-state index contributed by atoms with van der Waals surface area (Å²) in [6.07, 6.45) is -0.961. The fourth-order valence-electron chi connectivity index (χ4n) is 2.40. The van der Waals surface area contributed by atoms with Crippen molar-refractivity contribution in [2.75, 3.05) is 0 Å². The number of aliphatic carboxylic acids is 1. The second-order valence-electron chi connectivity index (χ2n) is 6.05. The van der Waals surface area contributed by atoms with Crippen molar-refractivity contribution in [2.24, 2.45) is 5.73 Å². The van der Waals surface area contributed by atoms with Crippen molar-refractivity contribution in [2.45, 2.75) is 31.9 Å². The molecule has 2 aromatic rings. The lowest BCUT2D eigenvalue weighted by molar-refractivity contribution is -0.154. The Labute approximate surface area is 151 Å². The van der Waals surface area contributed by atoms with Crippen LogP contribution in [0.2, 0.25) is 0 Å². The number of ketones is 1. The molecule has 1 unspecified atom stereocenters. The molecule has 3 N–H and O–H groups in total. The molecule has 0 spiro atoms. The molecule has 0 saturated carbocycles. The minimum absolute atomic E-state index is 0.144. The SMILES string of the molecule is C[C@H](C(=O)O[C@H](C)C(N)C(=O)O)c1cccc(C(=O)c2ccccc2)c1. The van der Waals surface area contributed by atoms with E-state index in [-0.39, 0.29) is 5.78 Å². The molecule has 6 nitrogen and oxygen atoms in total. The van der Waals surface area contributed by atoms with Gasteiger partial charge in [0, 0.05) is 11.1 Å². The molecular weight excluding hydrogens is 334 g/mol. The Kier molecular flexibility index (Phi) is 6.25. The van der Waals surface area contributed by atoms with Crippen LogP contribution in [0.4, 0.5) is 0 Å². The number of carbonyl (C=O) groups is 3. The molecule has 0 fully saturated rings. The number of esters is 1. The average Bonchev–Trinajstić information content (AvgIpc) is 2.66. The Morgan fingerprint density at radius 3 is 2.19 bits per heavy atom. The van der Waals surface area contributed by atoms with E-state index in [1.165, 1.54) is 6.92 Å². The van der Waals surface area contributed by atoms with Gasteiger partial charge in [0.1, 0.15) is 12.1 Å². The van der Waals surface area contributed by atoms with Crippen LogP contribution in [-0.4, -0.2) is 35.0 Å². The van der Waals surface area contributed by atoms with E-state index in [0.29, 0.717) is 16.7 Å². The molecule has 3 atom stereocenters. The zero-order chi connectivity index (χ0) is 19.3. The van der Waals surface area contributed by atoms with Gasteiger partial charge in [0.15, 0.2) is 5.78 Å². The van der Waals surface area contributed by atoms with E-state index < -0.39 is 30.0 Å². The minimum Gasteiger partial charge on any atom is -0.480 e. The highest BCUT2D eigenvalue weighted by molar-refractivity contribution is 6.09. The predicted molar refractivity (Wildman–Crippen MR) is 95.9 cm³/mol. The summed E-state index contributed by atoms with van der Waals surface area (Å²) in [6.45, 7) is 3.06. The van der Waals surface area contributed by atoms with Gasteiger partial charge >= 0.3 is 11.9 Å². The number of ether oxygens (including phenoxy) is 1. The maximum absolute atomic E-state index is 12.5. The molecule has 6 heteroatoms. The summed E-state index contributed by atoms with van der Waals surface area (Å²) < 4.78 is 5.14. The van der Waals surface area contributed by atoms with E-state index in [9.17, 15) is 14.4 Å². The van der Waals surface area contributed by atoms with Gasteiger partial charge in [-0.05, 0) is 25.5 Å². The molecule has 136 valence electrons. The third-order valence-corrected chi connectivity index (χ3v) is 4.13. The lowest BCUT2D eigenvalue weighted by Gasteiger charge is -2.20. The van der Waals surface area contributed by atoms with Crippen LogP contribution in [-0.2, 0) is 14.3 Å². The Morgan fingerprint density at radius 1 is 0.962 bits per heavy atom. The molecule has 0 aliphatic carbocycles. The van der Waals surface area contributed by atoms with E-state index in [2.05, 4.69) is 0 Å². The largest absolute Gasteiger partial charge is 0.480 e. The van der Waals surface area contributed by atoms with E-state index in [0.717, 1.165) is 0 Å². The van der Waals surface area contributed by atoms with Crippen molar-refractivity contribution in [3.05, 3.63) is 71.3 Å². The van der Waals surface area contributed by atoms with E-state index >= 15 is 0 Å². The Balaban J connectivity index is 2.15. The van der Waals surface area contributed by atoms with Crippen molar-refractivity contribution in [1.82, 2.24) is 0 Å². The van der Waals surface area contributed by atoms with Gasteiger partial charge in [0.2, 0.25) is 0 Å². The van der Waals surface area contributed by atoms with Gasteiger partial charge in [-0.1, -0.05) is 48.5 Å². The highest BCUT2D eigenvalue weighted by atomic mass is 16.5. The van der Waals surface area contributed by atoms with Gasteiger partial charge in [-0.3, -0.25) is 14.4 Å². The zero-order valence-electron chi connectivity index (χ0n) is 14.6. The number of carboxylic acid groups (broad SMARTS) is 1. The lowest BCUT2D eigenvalue weighted by Crippen LogP contribution is -2.43. The van der Waals surface area contributed by atoms with Gasteiger partial charge in [-0.2, -0.15) is 0 Å². The molecule has 2 aromatic carbocycles. The molecule has 0 aliphatic heterocycles. The minimum atomic E-state index is -1.29. The molecule has 0 bridgehead atoms. The van der Waals surface area contributed by atoms with Crippen LogP contribution in [0, 0.1) is 0 Å².